The van der Waals surface area contributed by atoms with Gasteiger partial charge in [0.05, 0.1) is 11.3 Å². The van der Waals surface area contributed by atoms with E-state index in [-0.39, 0.29) is 30.7 Å². The summed E-state index contributed by atoms with van der Waals surface area (Å²) in [5.41, 5.74) is 2.44. The van der Waals surface area contributed by atoms with Gasteiger partial charge in [0.15, 0.2) is 0 Å². The summed E-state index contributed by atoms with van der Waals surface area (Å²) < 4.78 is 0. The van der Waals surface area contributed by atoms with Crippen LogP contribution >= 0.6 is 0 Å². The van der Waals surface area contributed by atoms with Crippen molar-refractivity contribution in [3.63, 3.8) is 0 Å². The third-order valence-electron chi connectivity index (χ3n) is 3.90. The van der Waals surface area contributed by atoms with Gasteiger partial charge in [0.1, 0.15) is 0 Å². The first-order chi connectivity index (χ1) is 13.0. The van der Waals surface area contributed by atoms with Gasteiger partial charge < -0.3 is 16.0 Å². The van der Waals surface area contributed by atoms with E-state index >= 15 is 0 Å². The minimum absolute atomic E-state index is 0.114. The fraction of sp³-hybridized carbons (Fsp3) is 0.286. The molecule has 2 aromatic rings. The van der Waals surface area contributed by atoms with Crippen molar-refractivity contribution < 1.29 is 14.4 Å². The molecule has 0 fully saturated rings. The van der Waals surface area contributed by atoms with Gasteiger partial charge in [0.25, 0.3) is 11.8 Å². The molecule has 0 spiro atoms. The number of hydrogen-bond acceptors (Lipinski definition) is 3. The second-order valence-electron chi connectivity index (χ2n) is 6.23. The lowest BCUT2D eigenvalue weighted by Gasteiger charge is -2.11. The third kappa shape index (κ3) is 6.26. The van der Waals surface area contributed by atoms with Crippen LogP contribution in [0.2, 0.25) is 0 Å². The largest absolute Gasteiger partial charge is 0.352 e. The Morgan fingerprint density at radius 1 is 0.889 bits per heavy atom. The Morgan fingerprint density at radius 3 is 2.37 bits per heavy atom. The van der Waals surface area contributed by atoms with Crippen LogP contribution in [0.25, 0.3) is 0 Å². The molecule has 142 valence electrons. The molecule has 0 aliphatic carbocycles. The molecule has 0 radical (unpaired) electrons. The number of anilines is 1. The highest BCUT2D eigenvalue weighted by Gasteiger charge is 2.13. The number of para-hydroxylation sites is 1. The van der Waals surface area contributed by atoms with Crippen LogP contribution < -0.4 is 16.0 Å². The first-order valence-corrected chi connectivity index (χ1v) is 9.03. The standard InChI is InChI=1S/C21H25N3O3/c1-3-12-22-21(27)17-9-4-5-10-18(17)24-19(25)11-13-23-20(26)16-8-6-7-15(2)14-16/h4-10,14H,3,11-13H2,1-2H3,(H,22,27)(H,23,26)(H,24,25). The molecule has 3 amide bonds. The average Bonchev–Trinajstić information content (AvgIpc) is 2.66. The molecule has 0 bridgehead atoms. The Hall–Kier alpha value is -3.15. The highest BCUT2D eigenvalue weighted by Crippen LogP contribution is 2.15. The fourth-order valence-electron chi connectivity index (χ4n) is 2.51. The summed E-state index contributed by atoms with van der Waals surface area (Å²) >= 11 is 0. The first kappa shape index (κ1) is 20.2. The van der Waals surface area contributed by atoms with E-state index in [4.69, 9.17) is 0 Å². The van der Waals surface area contributed by atoms with Crippen molar-refractivity contribution in [1.82, 2.24) is 10.6 Å². The van der Waals surface area contributed by atoms with E-state index < -0.39 is 0 Å². The van der Waals surface area contributed by atoms with E-state index in [1.54, 1.807) is 36.4 Å². The van der Waals surface area contributed by atoms with E-state index in [2.05, 4.69) is 16.0 Å². The Morgan fingerprint density at radius 2 is 1.63 bits per heavy atom. The fourth-order valence-corrected chi connectivity index (χ4v) is 2.51. The number of hydrogen-bond donors (Lipinski definition) is 3. The predicted molar refractivity (Wildman–Crippen MR) is 106 cm³/mol. The van der Waals surface area contributed by atoms with Gasteiger partial charge in [-0.25, -0.2) is 0 Å². The van der Waals surface area contributed by atoms with Crippen molar-refractivity contribution in [2.75, 3.05) is 18.4 Å². The summed E-state index contributed by atoms with van der Waals surface area (Å²) in [6.07, 6.45) is 0.948. The summed E-state index contributed by atoms with van der Waals surface area (Å²) in [5.74, 6) is -0.707. The molecule has 2 rings (SSSR count). The summed E-state index contributed by atoms with van der Waals surface area (Å²) in [4.78, 5) is 36.4. The topological polar surface area (TPSA) is 87.3 Å². The van der Waals surface area contributed by atoms with Gasteiger partial charge in [-0.15, -0.1) is 0 Å². The van der Waals surface area contributed by atoms with Crippen LogP contribution in [0.4, 0.5) is 5.69 Å². The lowest BCUT2D eigenvalue weighted by atomic mass is 10.1. The molecule has 0 aliphatic rings. The van der Waals surface area contributed by atoms with Crippen LogP contribution in [0.5, 0.6) is 0 Å². The molecular formula is C21H25N3O3. The van der Waals surface area contributed by atoms with Gasteiger partial charge in [-0.3, -0.25) is 14.4 Å². The first-order valence-electron chi connectivity index (χ1n) is 9.03. The second-order valence-corrected chi connectivity index (χ2v) is 6.23. The molecule has 3 N–H and O–H groups in total. The minimum Gasteiger partial charge on any atom is -0.352 e. The molecular weight excluding hydrogens is 342 g/mol. The number of rotatable bonds is 8. The molecule has 6 nitrogen and oxygen atoms in total. The smallest absolute Gasteiger partial charge is 0.253 e. The molecule has 2 aromatic carbocycles. The lowest BCUT2D eigenvalue weighted by Crippen LogP contribution is -2.28. The zero-order valence-corrected chi connectivity index (χ0v) is 15.7. The van der Waals surface area contributed by atoms with Crippen LogP contribution in [0, 0.1) is 6.92 Å². The molecule has 27 heavy (non-hydrogen) atoms. The maximum atomic E-state index is 12.2. The number of benzene rings is 2. The molecule has 6 heteroatoms. The molecule has 0 saturated carbocycles. The summed E-state index contributed by atoms with van der Waals surface area (Å²) in [7, 11) is 0. The zero-order valence-electron chi connectivity index (χ0n) is 15.7. The van der Waals surface area contributed by atoms with Crippen molar-refractivity contribution in [2.45, 2.75) is 26.7 Å². The Labute approximate surface area is 159 Å². The van der Waals surface area contributed by atoms with Crippen LogP contribution in [0.3, 0.4) is 0 Å². The minimum atomic E-state index is -0.268. The van der Waals surface area contributed by atoms with E-state index in [0.29, 0.717) is 23.4 Å². The van der Waals surface area contributed by atoms with Gasteiger partial charge >= 0.3 is 0 Å². The van der Waals surface area contributed by atoms with E-state index in [0.717, 1.165) is 12.0 Å². The molecule has 0 unspecified atom stereocenters. The quantitative estimate of drug-likeness (QED) is 0.670. The Kier molecular flexibility index (Phi) is 7.55. The summed E-state index contributed by atoms with van der Waals surface area (Å²) in [6, 6.07) is 14.1. The summed E-state index contributed by atoms with van der Waals surface area (Å²) in [6.45, 7) is 4.67. The van der Waals surface area contributed by atoms with Gasteiger partial charge in [-0.05, 0) is 37.6 Å². The predicted octanol–water partition coefficient (Wildman–Crippen LogP) is 2.89. The van der Waals surface area contributed by atoms with Crippen LogP contribution in [-0.4, -0.2) is 30.8 Å². The van der Waals surface area contributed by atoms with Gasteiger partial charge in [0.2, 0.25) is 5.91 Å². The van der Waals surface area contributed by atoms with Crippen LogP contribution in [0.15, 0.2) is 48.5 Å². The maximum absolute atomic E-state index is 12.2. The Bertz CT molecular complexity index is 818. The molecule has 0 saturated heterocycles. The highest BCUT2D eigenvalue weighted by molar-refractivity contribution is 6.03. The number of carbonyl (C=O) groups is 3. The van der Waals surface area contributed by atoms with Gasteiger partial charge in [-0.2, -0.15) is 0 Å². The summed E-state index contributed by atoms with van der Waals surface area (Å²) in [5, 5.41) is 8.26. The number of amides is 3. The second kappa shape index (κ2) is 10.1. The normalized spacial score (nSPS) is 10.1. The number of nitrogens with one attached hydrogen (secondary N) is 3. The molecule has 0 heterocycles. The van der Waals surface area contributed by atoms with Crippen molar-refractivity contribution in [3.05, 3.63) is 65.2 Å². The van der Waals surface area contributed by atoms with E-state index in [1.807, 2.05) is 26.0 Å². The third-order valence-corrected chi connectivity index (χ3v) is 3.90. The van der Waals surface area contributed by atoms with E-state index in [9.17, 15) is 14.4 Å². The van der Waals surface area contributed by atoms with Crippen LogP contribution in [-0.2, 0) is 4.79 Å². The lowest BCUT2D eigenvalue weighted by molar-refractivity contribution is -0.116. The Balaban J connectivity index is 1.87. The van der Waals surface area contributed by atoms with Crippen molar-refractivity contribution in [3.8, 4) is 0 Å². The number of aryl methyl sites for hydroxylation is 1. The van der Waals surface area contributed by atoms with Gasteiger partial charge in [0, 0.05) is 25.1 Å². The van der Waals surface area contributed by atoms with Crippen molar-refractivity contribution in [1.29, 1.82) is 0 Å². The highest BCUT2D eigenvalue weighted by atomic mass is 16.2. The SMILES string of the molecule is CCCNC(=O)c1ccccc1NC(=O)CCNC(=O)c1cccc(C)c1. The van der Waals surface area contributed by atoms with Gasteiger partial charge in [-0.1, -0.05) is 36.8 Å². The monoisotopic (exact) mass is 367 g/mol. The average molecular weight is 367 g/mol. The van der Waals surface area contributed by atoms with E-state index in [1.165, 1.54) is 0 Å². The van der Waals surface area contributed by atoms with Crippen LogP contribution in [0.1, 0.15) is 46.0 Å². The molecule has 0 aromatic heterocycles. The maximum Gasteiger partial charge on any atom is 0.253 e. The van der Waals surface area contributed by atoms with Crippen molar-refractivity contribution >= 4 is 23.4 Å². The molecule has 0 aliphatic heterocycles. The molecule has 0 atom stereocenters. The van der Waals surface area contributed by atoms with Crippen molar-refractivity contribution in [2.24, 2.45) is 0 Å². The number of carbonyl (C=O) groups excluding carboxylic acids is 3. The zero-order chi connectivity index (χ0) is 19.6.